The highest BCUT2D eigenvalue weighted by atomic mass is 32.1. The predicted molar refractivity (Wildman–Crippen MR) is 95.5 cm³/mol. The molecule has 2 atom stereocenters. The normalized spacial score (nSPS) is 22.5. The van der Waals surface area contributed by atoms with Crippen molar-refractivity contribution in [1.29, 1.82) is 0 Å². The van der Waals surface area contributed by atoms with Crippen molar-refractivity contribution >= 4 is 28.3 Å². The number of nitrogen functional groups attached to an aromatic ring is 1. The SMILES string of the molecule is Cc1ccc(C(=O)N2C[C@H]3CN(C(=O)c4csc(N)n4)C[C@H]3C2)n1C. The van der Waals surface area contributed by atoms with Gasteiger partial charge in [0.05, 0.1) is 0 Å². The Morgan fingerprint density at radius 1 is 1.12 bits per heavy atom. The fourth-order valence-electron chi connectivity index (χ4n) is 3.86. The van der Waals surface area contributed by atoms with Crippen molar-refractivity contribution in [1.82, 2.24) is 19.4 Å². The van der Waals surface area contributed by atoms with Gasteiger partial charge in [-0.25, -0.2) is 4.98 Å². The Kier molecular flexibility index (Phi) is 3.79. The third-order valence-electron chi connectivity index (χ3n) is 5.39. The van der Waals surface area contributed by atoms with Gasteiger partial charge in [0.1, 0.15) is 11.4 Å². The van der Waals surface area contributed by atoms with Crippen LogP contribution in [0.4, 0.5) is 5.13 Å². The van der Waals surface area contributed by atoms with Gasteiger partial charge in [0.15, 0.2) is 5.13 Å². The molecule has 8 heteroatoms. The van der Waals surface area contributed by atoms with E-state index in [0.717, 1.165) is 11.4 Å². The molecule has 0 bridgehead atoms. The number of nitrogens with zero attached hydrogens (tertiary/aromatic N) is 4. The molecule has 25 heavy (non-hydrogen) atoms. The fourth-order valence-corrected chi connectivity index (χ4v) is 4.40. The maximum atomic E-state index is 12.8. The summed E-state index contributed by atoms with van der Waals surface area (Å²) >= 11 is 1.28. The van der Waals surface area contributed by atoms with Crippen LogP contribution in [0.2, 0.25) is 0 Å². The first kappa shape index (κ1) is 16.1. The molecule has 2 saturated heterocycles. The summed E-state index contributed by atoms with van der Waals surface area (Å²) < 4.78 is 1.93. The lowest BCUT2D eigenvalue weighted by Crippen LogP contribution is -2.36. The quantitative estimate of drug-likeness (QED) is 0.874. The van der Waals surface area contributed by atoms with Crippen LogP contribution >= 0.6 is 11.3 Å². The van der Waals surface area contributed by atoms with E-state index in [1.807, 2.05) is 40.5 Å². The van der Waals surface area contributed by atoms with Gasteiger partial charge in [-0.15, -0.1) is 11.3 Å². The third kappa shape index (κ3) is 2.70. The lowest BCUT2D eigenvalue weighted by atomic mass is 10.0. The van der Waals surface area contributed by atoms with Gasteiger partial charge in [-0.3, -0.25) is 9.59 Å². The summed E-state index contributed by atoms with van der Waals surface area (Å²) in [6.07, 6.45) is 0. The summed E-state index contributed by atoms with van der Waals surface area (Å²) in [6.45, 7) is 4.76. The molecule has 2 fully saturated rings. The van der Waals surface area contributed by atoms with Crippen LogP contribution in [0.5, 0.6) is 0 Å². The van der Waals surface area contributed by atoms with Gasteiger partial charge in [-0.1, -0.05) is 0 Å². The molecule has 0 spiro atoms. The monoisotopic (exact) mass is 359 g/mol. The minimum absolute atomic E-state index is 0.0571. The van der Waals surface area contributed by atoms with Crippen molar-refractivity contribution in [3.8, 4) is 0 Å². The zero-order valence-electron chi connectivity index (χ0n) is 14.3. The number of carbonyl (C=O) groups excluding carboxylic acids is 2. The minimum atomic E-state index is -0.0571. The number of hydrogen-bond acceptors (Lipinski definition) is 5. The van der Waals surface area contributed by atoms with Gasteiger partial charge in [0.25, 0.3) is 11.8 Å². The molecule has 2 aliphatic rings. The van der Waals surface area contributed by atoms with Crippen LogP contribution in [0.15, 0.2) is 17.5 Å². The van der Waals surface area contributed by atoms with Crippen LogP contribution in [0.25, 0.3) is 0 Å². The molecular formula is C17H21N5O2S. The summed E-state index contributed by atoms with van der Waals surface area (Å²) in [5, 5.41) is 2.12. The second-order valence-corrected chi connectivity index (χ2v) is 7.82. The number of amides is 2. The van der Waals surface area contributed by atoms with Crippen LogP contribution in [0.3, 0.4) is 0 Å². The number of hydrogen-bond donors (Lipinski definition) is 1. The molecule has 2 aliphatic heterocycles. The zero-order valence-corrected chi connectivity index (χ0v) is 15.1. The van der Waals surface area contributed by atoms with Gasteiger partial charge in [-0.05, 0) is 19.1 Å². The van der Waals surface area contributed by atoms with Gasteiger partial charge < -0.3 is 20.1 Å². The molecule has 2 N–H and O–H groups in total. The van der Waals surface area contributed by atoms with Crippen molar-refractivity contribution in [2.45, 2.75) is 6.92 Å². The largest absolute Gasteiger partial charge is 0.375 e. The van der Waals surface area contributed by atoms with Crippen LogP contribution in [-0.4, -0.2) is 57.3 Å². The van der Waals surface area contributed by atoms with Crippen LogP contribution in [0, 0.1) is 18.8 Å². The van der Waals surface area contributed by atoms with E-state index in [-0.39, 0.29) is 11.8 Å². The standard InChI is InChI=1S/C17H21N5O2S/c1-10-3-4-14(20(10)2)16(24)22-7-11-5-21(6-12(11)8-22)15(23)13-9-25-17(18)19-13/h3-4,9,11-12H,5-8H2,1-2H3,(H2,18,19)/t11-,12+. The van der Waals surface area contributed by atoms with Crippen LogP contribution < -0.4 is 5.73 Å². The van der Waals surface area contributed by atoms with Gasteiger partial charge in [0, 0.05) is 56.1 Å². The highest BCUT2D eigenvalue weighted by Gasteiger charge is 2.43. The summed E-state index contributed by atoms with van der Waals surface area (Å²) in [5.74, 6) is 0.698. The Balaban J connectivity index is 1.41. The van der Waals surface area contributed by atoms with E-state index in [1.165, 1.54) is 11.3 Å². The van der Waals surface area contributed by atoms with E-state index in [2.05, 4.69) is 4.98 Å². The molecule has 0 aromatic carbocycles. The van der Waals surface area contributed by atoms with E-state index < -0.39 is 0 Å². The van der Waals surface area contributed by atoms with E-state index in [0.29, 0.717) is 48.8 Å². The van der Waals surface area contributed by atoms with Gasteiger partial charge in [0.2, 0.25) is 0 Å². The maximum absolute atomic E-state index is 12.8. The molecule has 2 aromatic rings. The minimum Gasteiger partial charge on any atom is -0.375 e. The number of carbonyl (C=O) groups is 2. The molecule has 132 valence electrons. The first-order valence-corrected chi connectivity index (χ1v) is 9.24. The van der Waals surface area contributed by atoms with Crippen LogP contribution in [0.1, 0.15) is 26.7 Å². The lowest BCUT2D eigenvalue weighted by Gasteiger charge is -2.21. The summed E-state index contributed by atoms with van der Waals surface area (Å²) in [4.78, 5) is 33.1. The molecule has 2 amide bonds. The Labute approximate surface area is 150 Å². The maximum Gasteiger partial charge on any atom is 0.273 e. The van der Waals surface area contributed by atoms with Gasteiger partial charge >= 0.3 is 0 Å². The van der Waals surface area contributed by atoms with Crippen molar-refractivity contribution in [3.05, 3.63) is 34.6 Å². The first-order chi connectivity index (χ1) is 11.9. The average molecular weight is 359 g/mol. The van der Waals surface area contributed by atoms with E-state index in [1.54, 1.807) is 5.38 Å². The van der Waals surface area contributed by atoms with Crippen LogP contribution in [-0.2, 0) is 7.05 Å². The summed E-state index contributed by atoms with van der Waals surface area (Å²) in [7, 11) is 1.92. The molecule has 4 rings (SSSR count). The molecule has 0 unspecified atom stereocenters. The number of aromatic nitrogens is 2. The Morgan fingerprint density at radius 2 is 1.72 bits per heavy atom. The number of rotatable bonds is 2. The molecule has 0 aliphatic carbocycles. The number of anilines is 1. The topological polar surface area (TPSA) is 84.5 Å². The van der Waals surface area contributed by atoms with Gasteiger partial charge in [-0.2, -0.15) is 0 Å². The van der Waals surface area contributed by atoms with Crippen molar-refractivity contribution in [3.63, 3.8) is 0 Å². The Bertz CT molecular complexity index is 828. The summed E-state index contributed by atoms with van der Waals surface area (Å²) in [6, 6.07) is 3.85. The van der Waals surface area contributed by atoms with E-state index >= 15 is 0 Å². The molecule has 0 saturated carbocycles. The van der Waals surface area contributed by atoms with E-state index in [4.69, 9.17) is 5.73 Å². The zero-order chi connectivity index (χ0) is 17.7. The highest BCUT2D eigenvalue weighted by Crippen LogP contribution is 2.33. The molecular weight excluding hydrogens is 338 g/mol. The Hall–Kier alpha value is -2.35. The number of thiazole rings is 1. The summed E-state index contributed by atoms with van der Waals surface area (Å²) in [5.41, 5.74) is 7.84. The van der Waals surface area contributed by atoms with E-state index in [9.17, 15) is 9.59 Å². The van der Waals surface area contributed by atoms with Crippen molar-refractivity contribution in [2.75, 3.05) is 31.9 Å². The molecule has 7 nitrogen and oxygen atoms in total. The molecule has 2 aromatic heterocycles. The number of fused-ring (bicyclic) bond motifs is 1. The van der Waals surface area contributed by atoms with Crippen molar-refractivity contribution in [2.24, 2.45) is 18.9 Å². The second-order valence-electron chi connectivity index (χ2n) is 6.93. The molecule has 0 radical (unpaired) electrons. The Morgan fingerprint density at radius 3 is 2.20 bits per heavy atom. The highest BCUT2D eigenvalue weighted by molar-refractivity contribution is 7.13. The smallest absolute Gasteiger partial charge is 0.273 e. The third-order valence-corrected chi connectivity index (χ3v) is 6.07. The predicted octanol–water partition coefficient (Wildman–Crippen LogP) is 1.22. The molecule has 4 heterocycles. The van der Waals surface area contributed by atoms with Crippen molar-refractivity contribution < 1.29 is 9.59 Å². The first-order valence-electron chi connectivity index (χ1n) is 8.36. The fraction of sp³-hybridized carbons (Fsp3) is 0.471. The average Bonchev–Trinajstić information content (AvgIpc) is 3.31. The number of aryl methyl sites for hydroxylation is 1. The number of likely N-dealkylation sites (tertiary alicyclic amines) is 2. The second kappa shape index (κ2) is 5.87. The lowest BCUT2D eigenvalue weighted by molar-refractivity contribution is 0.0731. The number of nitrogens with two attached hydrogens (primary N) is 1.